The minimum atomic E-state index is -3.60. The van der Waals surface area contributed by atoms with Gasteiger partial charge in [-0.05, 0) is 31.0 Å². The number of hydrogen-bond acceptors (Lipinski definition) is 2. The van der Waals surface area contributed by atoms with Gasteiger partial charge in [0, 0.05) is 6.04 Å². The van der Waals surface area contributed by atoms with Crippen LogP contribution in [0.2, 0.25) is 0 Å². The highest BCUT2D eigenvalue weighted by atomic mass is 32.2. The fourth-order valence-corrected chi connectivity index (χ4v) is 3.83. The van der Waals surface area contributed by atoms with E-state index in [-0.39, 0.29) is 10.9 Å². The van der Waals surface area contributed by atoms with Gasteiger partial charge in [-0.25, -0.2) is 17.5 Å². The molecule has 0 radical (unpaired) electrons. The molecule has 1 N–H and O–H groups in total. The maximum atomic E-state index is 13.1. The third-order valence-electron chi connectivity index (χ3n) is 3.53. The number of benzene rings is 1. The molecule has 0 spiro atoms. The van der Waals surface area contributed by atoms with E-state index in [2.05, 4.69) is 4.72 Å². The second kappa shape index (κ2) is 6.48. The molecule has 0 aliphatic heterocycles. The Morgan fingerprint density at radius 1 is 1.05 bits per heavy atom. The van der Waals surface area contributed by atoms with E-state index in [1.54, 1.807) is 0 Å². The van der Waals surface area contributed by atoms with Gasteiger partial charge in [0.15, 0.2) is 0 Å². The summed E-state index contributed by atoms with van der Waals surface area (Å²) in [6.45, 7) is 0. The highest BCUT2D eigenvalue weighted by Crippen LogP contribution is 2.19. The topological polar surface area (TPSA) is 46.2 Å². The van der Waals surface area contributed by atoms with Crippen molar-refractivity contribution in [3.63, 3.8) is 0 Å². The van der Waals surface area contributed by atoms with Crippen LogP contribution in [0.3, 0.4) is 0 Å². The predicted molar refractivity (Wildman–Crippen MR) is 72.8 cm³/mol. The summed E-state index contributed by atoms with van der Waals surface area (Å²) in [6.07, 6.45) is 7.41. The zero-order chi connectivity index (χ0) is 13.7. The van der Waals surface area contributed by atoms with Crippen LogP contribution in [0.15, 0.2) is 29.2 Å². The highest BCUT2D eigenvalue weighted by Gasteiger charge is 2.20. The van der Waals surface area contributed by atoms with Gasteiger partial charge in [-0.1, -0.05) is 38.2 Å². The molecule has 0 saturated heterocycles. The van der Waals surface area contributed by atoms with Crippen molar-refractivity contribution >= 4 is 10.0 Å². The number of halogens is 1. The Morgan fingerprint density at radius 2 is 1.68 bits per heavy atom. The van der Waals surface area contributed by atoms with E-state index in [0.717, 1.165) is 44.6 Å². The summed E-state index contributed by atoms with van der Waals surface area (Å²) >= 11 is 0. The Morgan fingerprint density at radius 3 is 2.32 bits per heavy atom. The lowest BCUT2D eigenvalue weighted by molar-refractivity contribution is 0.426. The number of nitrogens with one attached hydrogen (secondary N) is 1. The predicted octanol–water partition coefficient (Wildman–Crippen LogP) is 3.22. The molecule has 5 heteroatoms. The van der Waals surface area contributed by atoms with Crippen molar-refractivity contribution < 1.29 is 12.8 Å². The van der Waals surface area contributed by atoms with Crippen LogP contribution < -0.4 is 4.72 Å². The maximum Gasteiger partial charge on any atom is 0.240 e. The van der Waals surface area contributed by atoms with E-state index in [1.165, 1.54) is 24.6 Å². The first-order valence-corrected chi connectivity index (χ1v) is 8.34. The van der Waals surface area contributed by atoms with Crippen LogP contribution in [0.5, 0.6) is 0 Å². The molecule has 0 aromatic heterocycles. The second-order valence-electron chi connectivity index (χ2n) is 5.12. The average molecular weight is 285 g/mol. The van der Waals surface area contributed by atoms with Crippen molar-refractivity contribution in [1.82, 2.24) is 4.72 Å². The van der Waals surface area contributed by atoms with Crippen LogP contribution in [-0.2, 0) is 10.0 Å². The lowest BCUT2D eigenvalue weighted by atomic mass is 9.97. The molecule has 3 nitrogen and oxygen atoms in total. The smallest absolute Gasteiger partial charge is 0.208 e. The highest BCUT2D eigenvalue weighted by molar-refractivity contribution is 7.89. The molecule has 1 aliphatic carbocycles. The van der Waals surface area contributed by atoms with Crippen molar-refractivity contribution in [3.05, 3.63) is 30.1 Å². The van der Waals surface area contributed by atoms with E-state index >= 15 is 0 Å². The molecule has 0 unspecified atom stereocenters. The normalized spacial score (nSPS) is 18.8. The molecule has 1 aromatic rings. The van der Waals surface area contributed by atoms with Gasteiger partial charge in [0.1, 0.15) is 5.82 Å². The quantitative estimate of drug-likeness (QED) is 0.927. The first kappa shape index (κ1) is 14.5. The maximum absolute atomic E-state index is 13.1. The van der Waals surface area contributed by atoms with Crippen LogP contribution in [0.1, 0.15) is 44.9 Å². The summed E-state index contributed by atoms with van der Waals surface area (Å²) in [5.41, 5.74) is 0. The standard InChI is InChI=1S/C14H20FNO2S/c15-12-7-6-10-14(11-12)19(17,18)16-13-8-4-2-1-3-5-9-13/h6-7,10-11,13,16H,1-5,8-9H2. The van der Waals surface area contributed by atoms with Gasteiger partial charge in [-0.2, -0.15) is 0 Å². The van der Waals surface area contributed by atoms with Gasteiger partial charge in [0.25, 0.3) is 0 Å². The Balaban J connectivity index is 2.07. The summed E-state index contributed by atoms with van der Waals surface area (Å²) in [5, 5.41) is 0. The number of rotatable bonds is 3. The van der Waals surface area contributed by atoms with E-state index in [1.807, 2.05) is 0 Å². The van der Waals surface area contributed by atoms with E-state index < -0.39 is 15.8 Å². The van der Waals surface area contributed by atoms with Gasteiger partial charge < -0.3 is 0 Å². The molecule has 106 valence electrons. The van der Waals surface area contributed by atoms with Gasteiger partial charge in [-0.3, -0.25) is 0 Å². The monoisotopic (exact) mass is 285 g/mol. The van der Waals surface area contributed by atoms with E-state index in [9.17, 15) is 12.8 Å². The Kier molecular flexibility index (Phi) is 4.93. The fraction of sp³-hybridized carbons (Fsp3) is 0.571. The third-order valence-corrected chi connectivity index (χ3v) is 5.05. The van der Waals surface area contributed by atoms with Crippen molar-refractivity contribution in [1.29, 1.82) is 0 Å². The third kappa shape index (κ3) is 4.28. The Hall–Kier alpha value is -0.940. The zero-order valence-corrected chi connectivity index (χ0v) is 11.8. The molecule has 0 amide bonds. The van der Waals surface area contributed by atoms with Crippen LogP contribution in [0, 0.1) is 5.82 Å². The minimum absolute atomic E-state index is 0.00885. The summed E-state index contributed by atoms with van der Waals surface area (Å²) < 4.78 is 40.2. The molecule has 0 bridgehead atoms. The van der Waals surface area contributed by atoms with Crippen LogP contribution >= 0.6 is 0 Å². The molecule has 1 aliphatic rings. The molecule has 1 aromatic carbocycles. The molecule has 1 fully saturated rings. The minimum Gasteiger partial charge on any atom is -0.208 e. The number of sulfonamides is 1. The summed E-state index contributed by atoms with van der Waals surface area (Å²) in [7, 11) is -3.60. The lowest BCUT2D eigenvalue weighted by Gasteiger charge is -2.20. The van der Waals surface area contributed by atoms with Crippen molar-refractivity contribution in [2.75, 3.05) is 0 Å². The average Bonchev–Trinajstić information content (AvgIpc) is 2.32. The van der Waals surface area contributed by atoms with E-state index in [0.29, 0.717) is 0 Å². The van der Waals surface area contributed by atoms with Crippen molar-refractivity contribution in [2.24, 2.45) is 0 Å². The fourth-order valence-electron chi connectivity index (χ4n) is 2.50. The molecule has 0 atom stereocenters. The Labute approximate surface area is 114 Å². The second-order valence-corrected chi connectivity index (χ2v) is 6.83. The van der Waals surface area contributed by atoms with E-state index in [4.69, 9.17) is 0 Å². The van der Waals surface area contributed by atoms with Crippen LogP contribution in [0.4, 0.5) is 4.39 Å². The van der Waals surface area contributed by atoms with Crippen LogP contribution in [-0.4, -0.2) is 14.5 Å². The number of hydrogen-bond donors (Lipinski definition) is 1. The molecule has 19 heavy (non-hydrogen) atoms. The summed E-state index contributed by atoms with van der Waals surface area (Å²) in [5.74, 6) is -0.527. The molecule has 1 saturated carbocycles. The Bertz CT molecular complexity index is 508. The summed E-state index contributed by atoms with van der Waals surface area (Å²) in [6, 6.07) is 5.13. The SMILES string of the molecule is O=S(=O)(NC1CCCCCCC1)c1cccc(F)c1. The van der Waals surface area contributed by atoms with Gasteiger partial charge >= 0.3 is 0 Å². The van der Waals surface area contributed by atoms with Crippen molar-refractivity contribution in [2.45, 2.75) is 55.9 Å². The molecule has 2 rings (SSSR count). The summed E-state index contributed by atoms with van der Waals surface area (Å²) in [4.78, 5) is 0.00885. The van der Waals surface area contributed by atoms with Gasteiger partial charge in [0.05, 0.1) is 4.90 Å². The van der Waals surface area contributed by atoms with Gasteiger partial charge in [0.2, 0.25) is 10.0 Å². The molecular formula is C14H20FNO2S. The van der Waals surface area contributed by atoms with Gasteiger partial charge in [-0.15, -0.1) is 0 Å². The first-order valence-electron chi connectivity index (χ1n) is 6.86. The lowest BCUT2D eigenvalue weighted by Crippen LogP contribution is -2.35. The van der Waals surface area contributed by atoms with Crippen LogP contribution in [0.25, 0.3) is 0 Å². The molecular weight excluding hydrogens is 265 g/mol. The molecule has 0 heterocycles. The van der Waals surface area contributed by atoms with Crippen molar-refractivity contribution in [3.8, 4) is 0 Å². The first-order chi connectivity index (χ1) is 9.08. The largest absolute Gasteiger partial charge is 0.240 e. The zero-order valence-electron chi connectivity index (χ0n) is 10.9.